The molecule has 31 heavy (non-hydrogen) atoms. The highest BCUT2D eigenvalue weighted by Crippen LogP contribution is 2.41. The summed E-state index contributed by atoms with van der Waals surface area (Å²) in [5.74, 6) is -5.33. The lowest BCUT2D eigenvalue weighted by Crippen LogP contribution is -2.54. The third-order valence-corrected chi connectivity index (χ3v) is 6.27. The predicted molar refractivity (Wildman–Crippen MR) is 107 cm³/mol. The Morgan fingerprint density at radius 3 is 2.45 bits per heavy atom. The van der Waals surface area contributed by atoms with Crippen LogP contribution in [0.1, 0.15) is 62.7 Å². The lowest BCUT2D eigenvalue weighted by Gasteiger charge is -2.30. The Labute approximate surface area is 179 Å². The van der Waals surface area contributed by atoms with Crippen LogP contribution in [0, 0.1) is 17.0 Å². The number of hydrogen-bond donors (Lipinski definition) is 3. The van der Waals surface area contributed by atoms with Gasteiger partial charge in [0.2, 0.25) is 5.91 Å². The largest absolute Gasteiger partial charge is 0.503 e. The Balaban J connectivity index is 1.79. The molecule has 3 atom stereocenters. The van der Waals surface area contributed by atoms with Crippen molar-refractivity contribution in [3.63, 3.8) is 0 Å². The fourth-order valence-corrected chi connectivity index (χ4v) is 4.44. The summed E-state index contributed by atoms with van der Waals surface area (Å²) in [4.78, 5) is 37.9. The number of carbonyl (C=O) groups is 3. The monoisotopic (exact) mass is 438 g/mol. The van der Waals surface area contributed by atoms with Gasteiger partial charge in [0.15, 0.2) is 23.2 Å². The van der Waals surface area contributed by atoms with Crippen LogP contribution >= 0.6 is 0 Å². The van der Waals surface area contributed by atoms with E-state index >= 15 is 0 Å². The zero-order valence-electron chi connectivity index (χ0n) is 17.7. The Kier molecular flexibility index (Phi) is 6.93. The number of hydrogen-bond acceptors (Lipinski definition) is 5. The van der Waals surface area contributed by atoms with Crippen molar-refractivity contribution in [1.29, 1.82) is 0 Å². The lowest BCUT2D eigenvalue weighted by atomic mass is 9.81. The molecule has 0 spiro atoms. The van der Waals surface area contributed by atoms with Gasteiger partial charge in [0.25, 0.3) is 5.91 Å². The van der Waals surface area contributed by atoms with Gasteiger partial charge in [-0.1, -0.05) is 26.7 Å². The molecule has 3 rings (SSSR count). The summed E-state index contributed by atoms with van der Waals surface area (Å²) in [6, 6.07) is -0.374. The molecule has 1 heterocycles. The van der Waals surface area contributed by atoms with Crippen LogP contribution in [0.3, 0.4) is 0 Å². The number of rotatable bonds is 7. The van der Waals surface area contributed by atoms with Crippen LogP contribution in [0.2, 0.25) is 0 Å². The predicted octanol–water partition coefficient (Wildman–Crippen LogP) is 2.60. The summed E-state index contributed by atoms with van der Waals surface area (Å²) in [6.07, 6.45) is 4.23. The number of halogens is 2. The average molecular weight is 438 g/mol. The summed E-state index contributed by atoms with van der Waals surface area (Å²) < 4.78 is 32.8. The van der Waals surface area contributed by atoms with Crippen molar-refractivity contribution in [3.05, 3.63) is 29.3 Å². The van der Waals surface area contributed by atoms with Crippen LogP contribution in [-0.4, -0.2) is 47.5 Å². The van der Waals surface area contributed by atoms with Crippen molar-refractivity contribution in [1.82, 2.24) is 10.6 Å². The van der Waals surface area contributed by atoms with Crippen LogP contribution < -0.4 is 10.6 Å². The van der Waals surface area contributed by atoms with Crippen molar-refractivity contribution in [2.75, 3.05) is 6.61 Å². The van der Waals surface area contributed by atoms with Crippen LogP contribution in [0.25, 0.3) is 0 Å². The van der Waals surface area contributed by atoms with Gasteiger partial charge in [-0.2, -0.15) is 0 Å². The maximum atomic E-state index is 13.7. The second-order valence-electron chi connectivity index (χ2n) is 8.75. The van der Waals surface area contributed by atoms with E-state index < -0.39 is 47.4 Å². The number of carbonyl (C=O) groups excluding carboxylic acids is 3. The molecule has 1 aliphatic heterocycles. The molecule has 0 radical (unpaired) electrons. The Hall–Kier alpha value is -2.55. The van der Waals surface area contributed by atoms with Gasteiger partial charge in [-0.15, -0.1) is 0 Å². The lowest BCUT2D eigenvalue weighted by molar-refractivity contribution is -0.128. The molecule has 170 valence electrons. The van der Waals surface area contributed by atoms with E-state index in [1.807, 2.05) is 13.8 Å². The highest BCUT2D eigenvalue weighted by molar-refractivity contribution is 5.99. The molecule has 7 nitrogen and oxygen atoms in total. The molecule has 2 amide bonds. The zero-order valence-corrected chi connectivity index (χ0v) is 17.7. The van der Waals surface area contributed by atoms with E-state index in [4.69, 9.17) is 4.74 Å². The van der Waals surface area contributed by atoms with Gasteiger partial charge in [-0.05, 0) is 43.2 Å². The van der Waals surface area contributed by atoms with Gasteiger partial charge < -0.3 is 20.5 Å². The first kappa shape index (κ1) is 23.1. The summed E-state index contributed by atoms with van der Waals surface area (Å²) in [5.41, 5.74) is -0.532. The molecule has 0 unspecified atom stereocenters. The van der Waals surface area contributed by atoms with Gasteiger partial charge in [0.1, 0.15) is 18.7 Å². The Morgan fingerprint density at radius 1 is 1.26 bits per heavy atom. The van der Waals surface area contributed by atoms with E-state index in [1.165, 1.54) is 0 Å². The minimum atomic E-state index is -1.27. The molecule has 0 aromatic heterocycles. The number of amides is 2. The van der Waals surface area contributed by atoms with E-state index in [0.717, 1.165) is 25.7 Å². The second-order valence-corrected chi connectivity index (χ2v) is 8.75. The first-order chi connectivity index (χ1) is 14.6. The SMILES string of the molecule is CC[C@@H]1OCC(=O)[C@H]1NC(=O)[C@H](CC1(C)CCCC1)NC(=O)c1cc(F)c(O)c(F)c1. The molecule has 0 bridgehead atoms. The van der Waals surface area contributed by atoms with Crippen molar-refractivity contribution in [3.8, 4) is 5.75 Å². The number of benzene rings is 1. The molecular weight excluding hydrogens is 410 g/mol. The van der Waals surface area contributed by atoms with E-state index in [1.54, 1.807) is 0 Å². The van der Waals surface area contributed by atoms with E-state index in [2.05, 4.69) is 10.6 Å². The Bertz CT molecular complexity index is 846. The van der Waals surface area contributed by atoms with Crippen LogP contribution in [-0.2, 0) is 14.3 Å². The molecule has 1 saturated heterocycles. The smallest absolute Gasteiger partial charge is 0.252 e. The Morgan fingerprint density at radius 2 is 1.87 bits per heavy atom. The zero-order chi connectivity index (χ0) is 22.8. The number of ketones is 1. The van der Waals surface area contributed by atoms with E-state index in [0.29, 0.717) is 25.0 Å². The molecule has 3 N–H and O–H groups in total. The van der Waals surface area contributed by atoms with Gasteiger partial charge in [0.05, 0.1) is 6.10 Å². The van der Waals surface area contributed by atoms with Crippen LogP contribution in [0.15, 0.2) is 12.1 Å². The third kappa shape index (κ3) is 5.20. The number of ether oxygens (including phenoxy) is 1. The summed E-state index contributed by atoms with van der Waals surface area (Å²) in [7, 11) is 0. The van der Waals surface area contributed by atoms with Gasteiger partial charge >= 0.3 is 0 Å². The quantitative estimate of drug-likeness (QED) is 0.607. The minimum Gasteiger partial charge on any atom is -0.503 e. The maximum absolute atomic E-state index is 13.7. The normalized spacial score (nSPS) is 23.5. The molecule has 2 aliphatic rings. The standard InChI is InChI=1S/C22H28F2N2O5/c1-3-17-18(16(27)11-31-17)26-21(30)15(10-22(2)6-4-5-7-22)25-20(29)12-8-13(23)19(28)14(24)9-12/h8-9,15,17-18,28H,3-7,10-11H2,1-2H3,(H,25,29)(H,26,30)/t15-,17-,18+/m0/s1. The highest BCUT2D eigenvalue weighted by Gasteiger charge is 2.40. The third-order valence-electron chi connectivity index (χ3n) is 6.27. The number of aromatic hydroxyl groups is 1. The topological polar surface area (TPSA) is 105 Å². The van der Waals surface area contributed by atoms with Gasteiger partial charge in [0, 0.05) is 5.56 Å². The first-order valence-corrected chi connectivity index (χ1v) is 10.6. The number of phenolic OH excluding ortho intramolecular Hbond substituents is 1. The van der Waals surface area contributed by atoms with Gasteiger partial charge in [-0.3, -0.25) is 14.4 Å². The molecule has 1 aromatic carbocycles. The van der Waals surface area contributed by atoms with E-state index in [9.17, 15) is 28.3 Å². The maximum Gasteiger partial charge on any atom is 0.252 e. The molecule has 9 heteroatoms. The molecule has 1 aliphatic carbocycles. The molecular formula is C22H28F2N2O5. The number of phenols is 1. The number of Topliss-reactive ketones (excluding diaryl/α,β-unsaturated/α-hetero) is 1. The van der Waals surface area contributed by atoms with Crippen molar-refractivity contribution < 1.29 is 33.0 Å². The fourth-order valence-electron chi connectivity index (χ4n) is 4.44. The summed E-state index contributed by atoms with van der Waals surface area (Å²) in [5, 5.41) is 14.5. The van der Waals surface area contributed by atoms with Crippen LogP contribution in [0.4, 0.5) is 8.78 Å². The van der Waals surface area contributed by atoms with Crippen molar-refractivity contribution >= 4 is 17.6 Å². The van der Waals surface area contributed by atoms with E-state index in [-0.39, 0.29) is 23.4 Å². The summed E-state index contributed by atoms with van der Waals surface area (Å²) >= 11 is 0. The molecule has 2 fully saturated rings. The van der Waals surface area contributed by atoms with Gasteiger partial charge in [-0.25, -0.2) is 8.78 Å². The minimum absolute atomic E-state index is 0.0791. The number of nitrogens with one attached hydrogen (secondary N) is 2. The average Bonchev–Trinajstić information content (AvgIpc) is 3.30. The fraction of sp³-hybridized carbons (Fsp3) is 0.591. The molecule has 1 aromatic rings. The van der Waals surface area contributed by atoms with Crippen LogP contribution in [0.5, 0.6) is 5.75 Å². The van der Waals surface area contributed by atoms with Crippen molar-refractivity contribution in [2.45, 2.75) is 70.6 Å². The molecule has 1 saturated carbocycles. The first-order valence-electron chi connectivity index (χ1n) is 10.6. The second kappa shape index (κ2) is 9.30. The highest BCUT2D eigenvalue weighted by atomic mass is 19.1. The van der Waals surface area contributed by atoms with Crippen molar-refractivity contribution in [2.24, 2.45) is 5.41 Å². The summed E-state index contributed by atoms with van der Waals surface area (Å²) in [6.45, 7) is 3.80.